The van der Waals surface area contributed by atoms with Crippen molar-refractivity contribution in [3.8, 4) is 0 Å². The van der Waals surface area contributed by atoms with Gasteiger partial charge in [-0.2, -0.15) is 0 Å². The maximum absolute atomic E-state index is 8.68. The molecule has 0 bridgehead atoms. The second-order valence-electron chi connectivity index (χ2n) is 4.15. The van der Waals surface area contributed by atoms with Crippen molar-refractivity contribution in [3.05, 3.63) is 33.9 Å². The maximum Gasteiger partial charge on any atom is 0.0931 e. The van der Waals surface area contributed by atoms with E-state index >= 15 is 0 Å². The Morgan fingerprint density at radius 2 is 1.60 bits per heavy atom. The molecule has 0 amide bonds. The molecule has 0 radical (unpaired) electrons. The predicted molar refractivity (Wildman–Crippen MR) is 64.2 cm³/mol. The summed E-state index contributed by atoms with van der Waals surface area (Å²) in [5.41, 5.74) is 6.92. The summed E-state index contributed by atoms with van der Waals surface area (Å²) in [7, 11) is 0. The van der Waals surface area contributed by atoms with Crippen molar-refractivity contribution in [3.63, 3.8) is 0 Å². The minimum Gasteiger partial charge on any atom is -0.381 e. The number of hydrogen-bond acceptors (Lipinski definition) is 2. The van der Waals surface area contributed by atoms with Gasteiger partial charge in [0.15, 0.2) is 0 Å². The minimum absolute atomic E-state index is 0.0584. The lowest BCUT2D eigenvalue weighted by molar-refractivity contribution is 0.262. The number of benzene rings is 1. The van der Waals surface area contributed by atoms with Gasteiger partial charge in [0.1, 0.15) is 0 Å². The van der Waals surface area contributed by atoms with Gasteiger partial charge in [-0.1, -0.05) is 6.07 Å². The topological polar surface area (TPSA) is 32.3 Å². The van der Waals surface area contributed by atoms with Gasteiger partial charge in [-0.05, 0) is 61.9 Å². The lowest BCUT2D eigenvalue weighted by Gasteiger charge is -2.15. The Morgan fingerprint density at radius 3 is 2.07 bits per heavy atom. The van der Waals surface area contributed by atoms with Crippen LogP contribution < -0.4 is 5.32 Å². The first-order valence-corrected chi connectivity index (χ1v) is 5.45. The SMILES string of the molecule is Cc1cc(C)c(C)c(CCNCO)c1C. The summed E-state index contributed by atoms with van der Waals surface area (Å²) in [6.07, 6.45) is 0.987. The number of nitrogens with one attached hydrogen (secondary N) is 1. The molecule has 0 atom stereocenters. The Morgan fingerprint density at radius 1 is 1.07 bits per heavy atom. The van der Waals surface area contributed by atoms with Crippen molar-refractivity contribution in [1.29, 1.82) is 0 Å². The monoisotopic (exact) mass is 207 g/mol. The highest BCUT2D eigenvalue weighted by atomic mass is 16.3. The first-order chi connectivity index (χ1) is 7.07. The van der Waals surface area contributed by atoms with Gasteiger partial charge in [-0.3, -0.25) is 5.32 Å². The van der Waals surface area contributed by atoms with Gasteiger partial charge in [0.2, 0.25) is 0 Å². The van der Waals surface area contributed by atoms with Crippen molar-refractivity contribution in [2.45, 2.75) is 34.1 Å². The van der Waals surface area contributed by atoms with Crippen molar-refractivity contribution in [1.82, 2.24) is 5.32 Å². The lowest BCUT2D eigenvalue weighted by Crippen LogP contribution is -2.19. The molecule has 0 aromatic heterocycles. The summed E-state index contributed by atoms with van der Waals surface area (Å²) in [6.45, 7) is 9.56. The first kappa shape index (κ1) is 12.2. The molecule has 1 aromatic carbocycles. The van der Waals surface area contributed by atoms with E-state index in [1.165, 1.54) is 27.8 Å². The zero-order chi connectivity index (χ0) is 11.4. The van der Waals surface area contributed by atoms with Crippen LogP contribution in [-0.2, 0) is 6.42 Å². The maximum atomic E-state index is 8.68. The van der Waals surface area contributed by atoms with Crippen LogP contribution in [0.1, 0.15) is 27.8 Å². The van der Waals surface area contributed by atoms with Crippen LogP contribution in [0.25, 0.3) is 0 Å². The molecular formula is C13H21NO. The van der Waals surface area contributed by atoms with Crippen LogP contribution >= 0.6 is 0 Å². The molecule has 84 valence electrons. The molecule has 0 saturated carbocycles. The van der Waals surface area contributed by atoms with Crippen LogP contribution in [0.4, 0.5) is 0 Å². The zero-order valence-electron chi connectivity index (χ0n) is 10.1. The van der Waals surface area contributed by atoms with E-state index in [0.29, 0.717) is 0 Å². The van der Waals surface area contributed by atoms with E-state index in [9.17, 15) is 0 Å². The molecule has 1 rings (SSSR count). The van der Waals surface area contributed by atoms with Crippen LogP contribution in [0.3, 0.4) is 0 Å². The summed E-state index contributed by atoms with van der Waals surface area (Å²) >= 11 is 0. The summed E-state index contributed by atoms with van der Waals surface area (Å²) < 4.78 is 0. The zero-order valence-corrected chi connectivity index (χ0v) is 10.1. The summed E-state index contributed by atoms with van der Waals surface area (Å²) in [6, 6.07) is 2.24. The second kappa shape index (κ2) is 5.29. The summed E-state index contributed by atoms with van der Waals surface area (Å²) in [4.78, 5) is 0. The van der Waals surface area contributed by atoms with Crippen molar-refractivity contribution < 1.29 is 5.11 Å². The number of aryl methyl sites for hydroxylation is 2. The standard InChI is InChI=1S/C13H21NO/c1-9-7-10(2)12(4)13(11(9)3)5-6-14-8-15/h7,14-15H,5-6,8H2,1-4H3. The van der Waals surface area contributed by atoms with Crippen molar-refractivity contribution in [2.24, 2.45) is 0 Å². The molecule has 15 heavy (non-hydrogen) atoms. The molecule has 2 nitrogen and oxygen atoms in total. The van der Waals surface area contributed by atoms with Crippen LogP contribution in [0.2, 0.25) is 0 Å². The van der Waals surface area contributed by atoms with E-state index in [0.717, 1.165) is 13.0 Å². The fraction of sp³-hybridized carbons (Fsp3) is 0.538. The Labute approximate surface area is 92.3 Å². The van der Waals surface area contributed by atoms with Gasteiger partial charge in [0, 0.05) is 6.54 Å². The molecule has 2 heteroatoms. The fourth-order valence-electron chi connectivity index (χ4n) is 1.97. The number of rotatable bonds is 4. The number of hydrogen-bond donors (Lipinski definition) is 2. The lowest BCUT2D eigenvalue weighted by atomic mass is 9.92. The molecule has 0 spiro atoms. The molecule has 1 aromatic rings. The molecule has 0 unspecified atom stereocenters. The smallest absolute Gasteiger partial charge is 0.0931 e. The number of aliphatic hydroxyl groups excluding tert-OH is 1. The van der Waals surface area contributed by atoms with E-state index in [4.69, 9.17) is 5.11 Å². The molecular weight excluding hydrogens is 186 g/mol. The predicted octanol–water partition coefficient (Wildman–Crippen LogP) is 2.00. The quantitative estimate of drug-likeness (QED) is 0.584. The third-order valence-corrected chi connectivity index (χ3v) is 3.18. The summed E-state index contributed by atoms with van der Waals surface area (Å²) in [5.74, 6) is 0. The van der Waals surface area contributed by atoms with E-state index in [2.05, 4.69) is 39.1 Å². The Balaban J connectivity index is 2.94. The first-order valence-electron chi connectivity index (χ1n) is 5.45. The second-order valence-corrected chi connectivity index (χ2v) is 4.15. The molecule has 0 saturated heterocycles. The van der Waals surface area contributed by atoms with E-state index in [1.807, 2.05) is 0 Å². The van der Waals surface area contributed by atoms with E-state index in [1.54, 1.807) is 0 Å². The van der Waals surface area contributed by atoms with Crippen LogP contribution in [-0.4, -0.2) is 18.4 Å². The molecule has 0 fully saturated rings. The van der Waals surface area contributed by atoms with E-state index < -0.39 is 0 Å². The molecule has 0 aliphatic carbocycles. The Bertz CT molecular complexity index is 319. The number of aliphatic hydroxyl groups is 1. The van der Waals surface area contributed by atoms with Crippen molar-refractivity contribution >= 4 is 0 Å². The van der Waals surface area contributed by atoms with Crippen LogP contribution in [0, 0.1) is 27.7 Å². The largest absolute Gasteiger partial charge is 0.381 e. The van der Waals surface area contributed by atoms with Crippen molar-refractivity contribution in [2.75, 3.05) is 13.3 Å². The molecule has 0 aliphatic rings. The van der Waals surface area contributed by atoms with E-state index in [-0.39, 0.29) is 6.73 Å². The van der Waals surface area contributed by atoms with Gasteiger partial charge in [-0.15, -0.1) is 0 Å². The fourth-order valence-corrected chi connectivity index (χ4v) is 1.97. The third kappa shape index (κ3) is 2.80. The third-order valence-electron chi connectivity index (χ3n) is 3.18. The van der Waals surface area contributed by atoms with Gasteiger partial charge in [0.25, 0.3) is 0 Å². The van der Waals surface area contributed by atoms with Gasteiger partial charge >= 0.3 is 0 Å². The molecule has 0 heterocycles. The average Bonchev–Trinajstić information content (AvgIpc) is 2.20. The molecule has 2 N–H and O–H groups in total. The minimum atomic E-state index is 0.0584. The van der Waals surface area contributed by atoms with Crippen LogP contribution in [0.15, 0.2) is 6.07 Å². The Kier molecular flexibility index (Phi) is 4.30. The summed E-state index contributed by atoms with van der Waals surface area (Å²) in [5, 5.41) is 11.6. The average molecular weight is 207 g/mol. The highest BCUT2D eigenvalue weighted by molar-refractivity contribution is 5.44. The Hall–Kier alpha value is -0.860. The van der Waals surface area contributed by atoms with Gasteiger partial charge in [-0.25, -0.2) is 0 Å². The highest BCUT2D eigenvalue weighted by Gasteiger charge is 2.07. The van der Waals surface area contributed by atoms with Gasteiger partial charge < -0.3 is 5.11 Å². The highest BCUT2D eigenvalue weighted by Crippen LogP contribution is 2.21. The normalized spacial score (nSPS) is 10.7. The molecule has 0 aliphatic heterocycles. The van der Waals surface area contributed by atoms with Crippen LogP contribution in [0.5, 0.6) is 0 Å². The van der Waals surface area contributed by atoms with Gasteiger partial charge in [0.05, 0.1) is 6.73 Å².